The molecule has 0 radical (unpaired) electrons. The van der Waals surface area contributed by atoms with Crippen LogP contribution in [0.5, 0.6) is 0 Å². The Bertz CT molecular complexity index is 731. The van der Waals surface area contributed by atoms with Crippen molar-refractivity contribution in [1.29, 1.82) is 0 Å². The van der Waals surface area contributed by atoms with Crippen molar-refractivity contribution >= 4 is 23.4 Å². The molecular formula is C16H14ClF2NO3. The molecule has 1 aromatic carbocycles. The van der Waals surface area contributed by atoms with Gasteiger partial charge in [-0.3, -0.25) is 5.32 Å². The van der Waals surface area contributed by atoms with Crippen LogP contribution in [0.4, 0.5) is 19.3 Å². The molecule has 0 aromatic heterocycles. The molecule has 1 atom stereocenters. The standard InChI is InChI=1S/C16H14ClF2NO3/c1-15(18,19)16(5-4-9-2-3-9)11-7-12(17)10(8-21)6-13(11)20-14(22)23-16/h6-7,9,21H,2-3,8H2,1H3,(H,20,22). The van der Waals surface area contributed by atoms with Crippen molar-refractivity contribution in [1.82, 2.24) is 0 Å². The van der Waals surface area contributed by atoms with Crippen molar-refractivity contribution < 1.29 is 23.4 Å². The van der Waals surface area contributed by atoms with Crippen LogP contribution in [0, 0.1) is 17.8 Å². The first-order chi connectivity index (χ1) is 10.8. The van der Waals surface area contributed by atoms with E-state index in [1.54, 1.807) is 0 Å². The minimum atomic E-state index is -3.44. The first-order valence-electron chi connectivity index (χ1n) is 7.11. The van der Waals surface area contributed by atoms with Gasteiger partial charge in [0.1, 0.15) is 0 Å². The van der Waals surface area contributed by atoms with Gasteiger partial charge in [-0.1, -0.05) is 17.5 Å². The van der Waals surface area contributed by atoms with E-state index in [1.165, 1.54) is 12.1 Å². The van der Waals surface area contributed by atoms with Crippen molar-refractivity contribution in [3.63, 3.8) is 0 Å². The molecule has 3 rings (SSSR count). The van der Waals surface area contributed by atoms with E-state index >= 15 is 0 Å². The van der Waals surface area contributed by atoms with Gasteiger partial charge >= 0.3 is 6.09 Å². The first-order valence-corrected chi connectivity index (χ1v) is 7.49. The maximum Gasteiger partial charge on any atom is 0.413 e. The summed E-state index contributed by atoms with van der Waals surface area (Å²) in [5.41, 5.74) is -1.98. The number of nitrogens with one attached hydrogen (secondary N) is 1. The number of carbonyl (C=O) groups is 1. The van der Waals surface area contributed by atoms with Crippen molar-refractivity contribution in [3.8, 4) is 11.8 Å². The smallest absolute Gasteiger partial charge is 0.413 e. The van der Waals surface area contributed by atoms with Crippen molar-refractivity contribution in [2.45, 2.75) is 37.9 Å². The number of rotatable bonds is 2. The van der Waals surface area contributed by atoms with Crippen molar-refractivity contribution in [3.05, 3.63) is 28.3 Å². The van der Waals surface area contributed by atoms with Gasteiger partial charge in [0.15, 0.2) is 0 Å². The van der Waals surface area contributed by atoms with Gasteiger partial charge in [0.25, 0.3) is 11.5 Å². The minimum Gasteiger partial charge on any atom is -0.418 e. The van der Waals surface area contributed by atoms with Gasteiger partial charge < -0.3 is 9.84 Å². The van der Waals surface area contributed by atoms with Gasteiger partial charge in [-0.05, 0) is 36.5 Å². The maximum atomic E-state index is 14.4. The van der Waals surface area contributed by atoms with Crippen LogP contribution in [0.3, 0.4) is 0 Å². The largest absolute Gasteiger partial charge is 0.418 e. The van der Waals surface area contributed by atoms with Crippen LogP contribution in [-0.2, 0) is 16.9 Å². The monoisotopic (exact) mass is 341 g/mol. The van der Waals surface area contributed by atoms with E-state index in [1.807, 2.05) is 0 Å². The number of hydrogen-bond donors (Lipinski definition) is 2. The first kappa shape index (κ1) is 16.0. The molecule has 0 bridgehead atoms. The molecule has 2 aliphatic rings. The molecule has 1 amide bonds. The van der Waals surface area contributed by atoms with E-state index in [0.717, 1.165) is 12.8 Å². The molecule has 1 aliphatic heterocycles. The van der Waals surface area contributed by atoms with Crippen LogP contribution >= 0.6 is 11.6 Å². The van der Waals surface area contributed by atoms with E-state index in [9.17, 15) is 18.7 Å². The molecule has 4 nitrogen and oxygen atoms in total. The lowest BCUT2D eigenvalue weighted by Crippen LogP contribution is -2.50. The molecule has 0 spiro atoms. The fraction of sp³-hybridized carbons (Fsp3) is 0.438. The Balaban J connectivity index is 2.23. The molecule has 1 aromatic rings. The Morgan fingerprint density at radius 1 is 1.52 bits per heavy atom. The second-order valence-electron chi connectivity index (χ2n) is 5.78. The molecule has 7 heteroatoms. The van der Waals surface area contributed by atoms with Gasteiger partial charge in [0, 0.05) is 23.4 Å². The van der Waals surface area contributed by atoms with Crippen molar-refractivity contribution in [2.75, 3.05) is 5.32 Å². The lowest BCUT2D eigenvalue weighted by molar-refractivity contribution is -0.142. The molecule has 122 valence electrons. The zero-order valence-electron chi connectivity index (χ0n) is 12.3. The van der Waals surface area contributed by atoms with Crippen LogP contribution in [0.2, 0.25) is 5.02 Å². The van der Waals surface area contributed by atoms with Crippen LogP contribution in [0.1, 0.15) is 30.9 Å². The van der Waals surface area contributed by atoms with E-state index in [4.69, 9.17) is 16.3 Å². The van der Waals surface area contributed by atoms with Crippen LogP contribution in [-0.4, -0.2) is 17.1 Å². The third-order valence-corrected chi connectivity index (χ3v) is 4.22. The van der Waals surface area contributed by atoms with Crippen LogP contribution in [0.25, 0.3) is 0 Å². The predicted molar refractivity (Wildman–Crippen MR) is 80.3 cm³/mol. The fourth-order valence-electron chi connectivity index (χ4n) is 2.42. The number of cyclic esters (lactones) is 1. The zero-order chi connectivity index (χ0) is 16.8. The number of fused-ring (bicyclic) bond motifs is 1. The number of amides is 1. The second-order valence-corrected chi connectivity index (χ2v) is 6.18. The third-order valence-electron chi connectivity index (χ3n) is 3.87. The summed E-state index contributed by atoms with van der Waals surface area (Å²) in [6, 6.07) is 2.62. The van der Waals surface area contributed by atoms with Gasteiger partial charge in [0.2, 0.25) is 0 Å². The normalized spacial score (nSPS) is 23.3. The Labute approximate surface area is 136 Å². The molecule has 2 N–H and O–H groups in total. The van der Waals surface area contributed by atoms with Gasteiger partial charge in [-0.25, -0.2) is 13.6 Å². The molecule has 1 fully saturated rings. The number of alkyl halides is 2. The fourth-order valence-corrected chi connectivity index (χ4v) is 2.65. The summed E-state index contributed by atoms with van der Waals surface area (Å²) >= 11 is 6.03. The summed E-state index contributed by atoms with van der Waals surface area (Å²) in [5, 5.41) is 11.7. The Hall–Kier alpha value is -1.84. The van der Waals surface area contributed by atoms with Gasteiger partial charge in [-0.2, -0.15) is 0 Å². The molecule has 1 heterocycles. The summed E-state index contributed by atoms with van der Waals surface area (Å²) in [7, 11) is 0. The minimum absolute atomic E-state index is 0.0139. The molecule has 1 aliphatic carbocycles. The number of halogens is 3. The number of carbonyl (C=O) groups excluding carboxylic acids is 1. The Kier molecular flexibility index (Phi) is 3.74. The van der Waals surface area contributed by atoms with E-state index in [0.29, 0.717) is 12.5 Å². The lowest BCUT2D eigenvalue weighted by Gasteiger charge is -2.38. The van der Waals surface area contributed by atoms with E-state index in [-0.39, 0.29) is 28.8 Å². The number of ether oxygens (including phenoxy) is 1. The average Bonchev–Trinajstić information content (AvgIpc) is 3.27. The lowest BCUT2D eigenvalue weighted by atomic mass is 9.85. The number of aliphatic hydroxyl groups excluding tert-OH is 1. The van der Waals surface area contributed by atoms with Gasteiger partial charge in [0.05, 0.1) is 12.3 Å². The highest BCUT2D eigenvalue weighted by Crippen LogP contribution is 2.48. The van der Waals surface area contributed by atoms with Crippen LogP contribution < -0.4 is 5.32 Å². The van der Waals surface area contributed by atoms with Gasteiger partial charge in [-0.15, -0.1) is 0 Å². The van der Waals surface area contributed by atoms with E-state index < -0.39 is 17.6 Å². The molecule has 0 saturated heterocycles. The molecule has 1 saturated carbocycles. The Morgan fingerprint density at radius 3 is 2.78 bits per heavy atom. The average molecular weight is 342 g/mol. The number of aliphatic hydroxyl groups is 1. The molecule has 23 heavy (non-hydrogen) atoms. The summed E-state index contributed by atoms with van der Waals surface area (Å²) in [6.07, 6.45) is 0.679. The predicted octanol–water partition coefficient (Wildman–Crippen LogP) is 3.66. The summed E-state index contributed by atoms with van der Waals surface area (Å²) in [5.74, 6) is 1.85. The SMILES string of the molecule is CC(F)(F)C1(C#CC2CC2)OC(=O)Nc2cc(CO)c(Cl)cc21. The highest BCUT2D eigenvalue weighted by molar-refractivity contribution is 6.31. The summed E-state index contributed by atoms with van der Waals surface area (Å²) in [4.78, 5) is 11.8. The maximum absolute atomic E-state index is 14.4. The third kappa shape index (κ3) is 2.75. The quantitative estimate of drug-likeness (QED) is 0.807. The number of anilines is 1. The second kappa shape index (κ2) is 5.36. The summed E-state index contributed by atoms with van der Waals surface area (Å²) in [6.45, 7) is 0.275. The molecule has 1 unspecified atom stereocenters. The zero-order valence-corrected chi connectivity index (χ0v) is 13.0. The highest BCUT2D eigenvalue weighted by Gasteiger charge is 2.57. The summed E-state index contributed by atoms with van der Waals surface area (Å²) < 4.78 is 33.8. The van der Waals surface area contributed by atoms with E-state index in [2.05, 4.69) is 17.2 Å². The highest BCUT2D eigenvalue weighted by atomic mass is 35.5. The number of benzene rings is 1. The van der Waals surface area contributed by atoms with Crippen LogP contribution in [0.15, 0.2) is 12.1 Å². The topological polar surface area (TPSA) is 58.6 Å². The number of hydrogen-bond acceptors (Lipinski definition) is 3. The van der Waals surface area contributed by atoms with Crippen molar-refractivity contribution in [2.24, 2.45) is 5.92 Å². The Morgan fingerprint density at radius 2 is 2.22 bits per heavy atom. The molecular weight excluding hydrogens is 328 g/mol.